The molecular weight excluding hydrogens is 335 g/mol. The second kappa shape index (κ2) is 6.81. The second-order valence-electron chi connectivity index (χ2n) is 7.00. The molecule has 0 saturated heterocycles. The Morgan fingerprint density at radius 1 is 1.58 bits per heavy atom. The Kier molecular flexibility index (Phi) is 5.19. The van der Waals surface area contributed by atoms with Crippen molar-refractivity contribution in [2.75, 3.05) is 5.32 Å². The van der Waals surface area contributed by atoms with Crippen LogP contribution in [0.4, 0.5) is 15.0 Å². The lowest BCUT2D eigenvalue weighted by Crippen LogP contribution is -2.48. The van der Waals surface area contributed by atoms with Gasteiger partial charge < -0.3 is 15.8 Å². The molecule has 1 aliphatic carbocycles. The standard InChI is InChI=1S/C16H20ClFN4O2/c1-16(2,3)12(24-15(20)23)11(8-4-5-8)21-14-10(18)6-9(7-19)13(17)22-14/h6,8,11-12H,4-5H2,1-3H3,(H2,20,23)(H,21,22)/t11?,12-/m0/s1. The molecule has 1 aliphatic rings. The first-order valence-corrected chi connectivity index (χ1v) is 8.00. The van der Waals surface area contributed by atoms with E-state index >= 15 is 0 Å². The van der Waals surface area contributed by atoms with E-state index in [9.17, 15) is 9.18 Å². The maximum absolute atomic E-state index is 14.2. The topological polar surface area (TPSA) is 101 Å². The number of hydrogen-bond acceptors (Lipinski definition) is 5. The molecule has 0 aromatic carbocycles. The lowest BCUT2D eigenvalue weighted by molar-refractivity contribution is 0.0196. The molecule has 130 valence electrons. The third-order valence-electron chi connectivity index (χ3n) is 3.91. The predicted molar refractivity (Wildman–Crippen MR) is 88.0 cm³/mol. The van der Waals surface area contributed by atoms with Crippen molar-refractivity contribution in [1.29, 1.82) is 5.26 Å². The first kappa shape index (κ1) is 18.3. The van der Waals surface area contributed by atoms with Gasteiger partial charge in [0.15, 0.2) is 11.6 Å². The van der Waals surface area contributed by atoms with Gasteiger partial charge in [0.1, 0.15) is 17.3 Å². The minimum absolute atomic E-state index is 0.0385. The van der Waals surface area contributed by atoms with Crippen LogP contribution >= 0.6 is 11.6 Å². The number of aromatic nitrogens is 1. The number of primary amides is 1. The number of hydrogen-bond donors (Lipinski definition) is 2. The third-order valence-corrected chi connectivity index (χ3v) is 4.19. The molecule has 0 bridgehead atoms. The first-order valence-electron chi connectivity index (χ1n) is 7.62. The summed E-state index contributed by atoms with van der Waals surface area (Å²) in [5.74, 6) is -0.546. The highest BCUT2D eigenvalue weighted by Gasteiger charge is 2.44. The van der Waals surface area contributed by atoms with Gasteiger partial charge in [-0.15, -0.1) is 0 Å². The van der Waals surface area contributed by atoms with E-state index in [4.69, 9.17) is 27.3 Å². The molecule has 8 heteroatoms. The van der Waals surface area contributed by atoms with Crippen LogP contribution in [0, 0.1) is 28.5 Å². The smallest absolute Gasteiger partial charge is 0.404 e. The SMILES string of the molecule is CC(C)(C)[C@@H](OC(N)=O)C(Nc1nc(Cl)c(C#N)cc1F)C1CC1. The number of nitrogens with two attached hydrogens (primary N) is 1. The van der Waals surface area contributed by atoms with Crippen molar-refractivity contribution in [3.05, 3.63) is 22.6 Å². The predicted octanol–water partition coefficient (Wildman–Crippen LogP) is 3.45. The van der Waals surface area contributed by atoms with Crippen molar-refractivity contribution in [3.63, 3.8) is 0 Å². The van der Waals surface area contributed by atoms with Gasteiger partial charge in [0.05, 0.1) is 11.6 Å². The van der Waals surface area contributed by atoms with Crippen LogP contribution in [0.15, 0.2) is 6.07 Å². The van der Waals surface area contributed by atoms with E-state index in [1.54, 1.807) is 6.07 Å². The van der Waals surface area contributed by atoms with Gasteiger partial charge in [0.25, 0.3) is 0 Å². The zero-order valence-corrected chi connectivity index (χ0v) is 14.5. The van der Waals surface area contributed by atoms with Gasteiger partial charge in [0.2, 0.25) is 0 Å². The van der Waals surface area contributed by atoms with Gasteiger partial charge in [-0.3, -0.25) is 0 Å². The summed E-state index contributed by atoms with van der Waals surface area (Å²) in [5.41, 5.74) is 4.74. The molecule has 24 heavy (non-hydrogen) atoms. The minimum atomic E-state index is -0.881. The van der Waals surface area contributed by atoms with Gasteiger partial charge in [-0.05, 0) is 24.8 Å². The summed E-state index contributed by atoms with van der Waals surface area (Å²) in [6.07, 6.45) is 0.405. The number of halogens is 2. The summed E-state index contributed by atoms with van der Waals surface area (Å²) in [6.45, 7) is 5.73. The number of carbonyl (C=O) groups is 1. The highest BCUT2D eigenvalue weighted by atomic mass is 35.5. The number of ether oxygens (including phenoxy) is 1. The average Bonchev–Trinajstić information content (AvgIpc) is 3.28. The lowest BCUT2D eigenvalue weighted by Gasteiger charge is -2.36. The zero-order valence-electron chi connectivity index (χ0n) is 13.8. The van der Waals surface area contributed by atoms with Crippen LogP contribution in [-0.4, -0.2) is 23.2 Å². The van der Waals surface area contributed by atoms with Crippen molar-refractivity contribution < 1.29 is 13.9 Å². The van der Waals surface area contributed by atoms with Crippen molar-refractivity contribution in [2.24, 2.45) is 17.1 Å². The van der Waals surface area contributed by atoms with E-state index in [1.807, 2.05) is 20.8 Å². The molecule has 2 rings (SSSR count). The van der Waals surface area contributed by atoms with Gasteiger partial charge in [-0.2, -0.15) is 5.26 Å². The van der Waals surface area contributed by atoms with Crippen LogP contribution in [0.1, 0.15) is 39.2 Å². The largest absolute Gasteiger partial charge is 0.444 e. The van der Waals surface area contributed by atoms with Crippen LogP contribution in [0.2, 0.25) is 5.15 Å². The summed E-state index contributed by atoms with van der Waals surface area (Å²) >= 11 is 5.89. The summed E-state index contributed by atoms with van der Waals surface area (Å²) in [4.78, 5) is 15.2. The Labute approximate surface area is 145 Å². The number of pyridine rings is 1. The molecule has 1 saturated carbocycles. The Hall–Kier alpha value is -2.07. The molecule has 1 amide bonds. The van der Waals surface area contributed by atoms with E-state index in [0.717, 1.165) is 18.9 Å². The van der Waals surface area contributed by atoms with Crippen LogP contribution in [-0.2, 0) is 4.74 Å². The van der Waals surface area contributed by atoms with Crippen molar-refractivity contribution in [1.82, 2.24) is 4.98 Å². The maximum Gasteiger partial charge on any atom is 0.404 e. The Bertz CT molecular complexity index is 680. The first-order chi connectivity index (χ1) is 11.1. The third kappa shape index (κ3) is 4.26. The van der Waals surface area contributed by atoms with Crippen LogP contribution in [0.3, 0.4) is 0 Å². The Balaban J connectivity index is 2.33. The Morgan fingerprint density at radius 2 is 2.21 bits per heavy atom. The molecule has 0 radical (unpaired) electrons. The monoisotopic (exact) mass is 354 g/mol. The fourth-order valence-electron chi connectivity index (χ4n) is 2.61. The van der Waals surface area contributed by atoms with Gasteiger partial charge in [0, 0.05) is 5.41 Å². The van der Waals surface area contributed by atoms with Gasteiger partial charge in [-0.25, -0.2) is 14.2 Å². The van der Waals surface area contributed by atoms with E-state index in [-0.39, 0.29) is 28.5 Å². The summed E-state index contributed by atoms with van der Waals surface area (Å²) < 4.78 is 19.5. The number of nitrogens with one attached hydrogen (secondary N) is 1. The van der Waals surface area contributed by atoms with Crippen molar-refractivity contribution in [2.45, 2.75) is 45.8 Å². The quantitative estimate of drug-likeness (QED) is 0.788. The van der Waals surface area contributed by atoms with Crippen LogP contribution < -0.4 is 11.1 Å². The fraction of sp³-hybridized carbons (Fsp3) is 0.562. The van der Waals surface area contributed by atoms with Crippen molar-refractivity contribution in [3.8, 4) is 6.07 Å². The van der Waals surface area contributed by atoms with E-state index in [0.29, 0.717) is 0 Å². The van der Waals surface area contributed by atoms with E-state index < -0.39 is 23.4 Å². The minimum Gasteiger partial charge on any atom is -0.444 e. The average molecular weight is 355 g/mol. The molecule has 1 fully saturated rings. The number of rotatable bonds is 5. The molecule has 3 N–H and O–H groups in total. The van der Waals surface area contributed by atoms with E-state index in [2.05, 4.69) is 10.3 Å². The molecule has 0 spiro atoms. The highest BCUT2D eigenvalue weighted by molar-refractivity contribution is 6.30. The molecule has 0 aliphatic heterocycles. The van der Waals surface area contributed by atoms with E-state index in [1.165, 1.54) is 0 Å². The van der Waals surface area contributed by atoms with Crippen molar-refractivity contribution >= 4 is 23.5 Å². The number of nitriles is 1. The Morgan fingerprint density at radius 3 is 2.67 bits per heavy atom. The van der Waals surface area contributed by atoms with Crippen LogP contribution in [0.5, 0.6) is 0 Å². The second-order valence-corrected chi connectivity index (χ2v) is 7.36. The summed E-state index contributed by atoms with van der Waals surface area (Å²) in [5, 5.41) is 11.8. The molecule has 1 unspecified atom stereocenters. The van der Waals surface area contributed by atoms with Gasteiger partial charge in [-0.1, -0.05) is 32.4 Å². The lowest BCUT2D eigenvalue weighted by atomic mass is 9.82. The fourth-order valence-corrected chi connectivity index (χ4v) is 2.80. The maximum atomic E-state index is 14.2. The highest BCUT2D eigenvalue weighted by Crippen LogP contribution is 2.41. The zero-order chi connectivity index (χ0) is 18.1. The summed E-state index contributed by atoms with van der Waals surface area (Å²) in [7, 11) is 0. The molecule has 1 heterocycles. The molecule has 2 atom stereocenters. The molecule has 1 aromatic heterocycles. The normalized spacial score (nSPS) is 16.8. The number of carbonyl (C=O) groups excluding carboxylic acids is 1. The van der Waals surface area contributed by atoms with Crippen LogP contribution in [0.25, 0.3) is 0 Å². The molecular formula is C16H20ClFN4O2. The van der Waals surface area contributed by atoms with Gasteiger partial charge >= 0.3 is 6.09 Å². The number of nitrogens with zero attached hydrogens (tertiary/aromatic N) is 2. The number of anilines is 1. The molecule has 1 aromatic rings. The number of amides is 1. The molecule has 6 nitrogen and oxygen atoms in total. The summed E-state index contributed by atoms with van der Waals surface area (Å²) in [6, 6.07) is 2.45.